The zero-order chi connectivity index (χ0) is 14.7. The SMILES string of the molecule is NCC(Oc1ccc2c(c1)CCCC2)c1ccc(Br)cc1. The summed E-state index contributed by atoms with van der Waals surface area (Å²) in [4.78, 5) is 0. The summed E-state index contributed by atoms with van der Waals surface area (Å²) in [7, 11) is 0. The molecular weight excluding hydrogens is 326 g/mol. The fourth-order valence-corrected chi connectivity index (χ4v) is 3.14. The molecule has 2 N–H and O–H groups in total. The van der Waals surface area contributed by atoms with Crippen molar-refractivity contribution in [3.8, 4) is 5.75 Å². The van der Waals surface area contributed by atoms with Crippen molar-refractivity contribution in [2.24, 2.45) is 5.73 Å². The van der Waals surface area contributed by atoms with Crippen molar-refractivity contribution in [1.29, 1.82) is 0 Å². The Morgan fingerprint density at radius 2 is 1.71 bits per heavy atom. The van der Waals surface area contributed by atoms with Gasteiger partial charge < -0.3 is 10.5 Å². The summed E-state index contributed by atoms with van der Waals surface area (Å²) < 4.78 is 7.18. The molecule has 0 saturated carbocycles. The lowest BCUT2D eigenvalue weighted by atomic mass is 9.92. The Kier molecular flexibility index (Phi) is 4.61. The standard InChI is InChI=1S/C18H20BrNO/c19-16-8-5-14(6-9-16)18(12-20)21-17-10-7-13-3-1-2-4-15(13)11-17/h5-11,18H,1-4,12,20H2. The first kappa shape index (κ1) is 14.6. The molecule has 0 spiro atoms. The second-order valence-corrected chi connectivity index (χ2v) is 6.45. The first-order chi connectivity index (χ1) is 10.3. The van der Waals surface area contributed by atoms with Crippen LogP contribution in [0, 0.1) is 0 Å². The van der Waals surface area contributed by atoms with Crippen LogP contribution in [0.2, 0.25) is 0 Å². The highest BCUT2D eigenvalue weighted by molar-refractivity contribution is 9.10. The van der Waals surface area contributed by atoms with E-state index < -0.39 is 0 Å². The van der Waals surface area contributed by atoms with E-state index >= 15 is 0 Å². The highest BCUT2D eigenvalue weighted by Crippen LogP contribution is 2.28. The topological polar surface area (TPSA) is 35.2 Å². The largest absolute Gasteiger partial charge is 0.484 e. The highest BCUT2D eigenvalue weighted by atomic mass is 79.9. The van der Waals surface area contributed by atoms with Crippen LogP contribution in [-0.4, -0.2) is 6.54 Å². The van der Waals surface area contributed by atoms with Crippen molar-refractivity contribution >= 4 is 15.9 Å². The van der Waals surface area contributed by atoms with Gasteiger partial charge in [0.15, 0.2) is 0 Å². The lowest BCUT2D eigenvalue weighted by Crippen LogP contribution is -2.18. The number of nitrogens with two attached hydrogens (primary N) is 1. The fraction of sp³-hybridized carbons (Fsp3) is 0.333. The molecule has 3 heteroatoms. The quantitative estimate of drug-likeness (QED) is 0.890. The Hall–Kier alpha value is -1.32. The van der Waals surface area contributed by atoms with Gasteiger partial charge in [0.25, 0.3) is 0 Å². The lowest BCUT2D eigenvalue weighted by molar-refractivity contribution is 0.214. The smallest absolute Gasteiger partial charge is 0.136 e. The highest BCUT2D eigenvalue weighted by Gasteiger charge is 2.14. The number of fused-ring (bicyclic) bond motifs is 1. The molecule has 0 heterocycles. The molecule has 0 saturated heterocycles. The molecule has 0 bridgehead atoms. The van der Waals surface area contributed by atoms with Gasteiger partial charge >= 0.3 is 0 Å². The number of hydrogen-bond acceptors (Lipinski definition) is 2. The van der Waals surface area contributed by atoms with Crippen LogP contribution in [0.25, 0.3) is 0 Å². The monoisotopic (exact) mass is 345 g/mol. The third-order valence-corrected chi connectivity index (χ3v) is 4.58. The van der Waals surface area contributed by atoms with Crippen molar-refractivity contribution < 1.29 is 4.74 Å². The van der Waals surface area contributed by atoms with E-state index in [-0.39, 0.29) is 6.10 Å². The van der Waals surface area contributed by atoms with E-state index in [1.54, 1.807) is 0 Å². The summed E-state index contributed by atoms with van der Waals surface area (Å²) in [5.74, 6) is 0.925. The molecule has 1 aliphatic rings. The van der Waals surface area contributed by atoms with Crippen LogP contribution in [0.3, 0.4) is 0 Å². The zero-order valence-corrected chi connectivity index (χ0v) is 13.6. The third-order valence-electron chi connectivity index (χ3n) is 4.05. The predicted molar refractivity (Wildman–Crippen MR) is 89.6 cm³/mol. The predicted octanol–water partition coefficient (Wildman–Crippen LogP) is 4.41. The minimum atomic E-state index is -0.0975. The van der Waals surface area contributed by atoms with Gasteiger partial charge in [-0.1, -0.05) is 34.1 Å². The fourth-order valence-electron chi connectivity index (χ4n) is 2.88. The minimum Gasteiger partial charge on any atom is -0.484 e. The molecule has 1 unspecified atom stereocenters. The van der Waals surface area contributed by atoms with E-state index in [2.05, 4.69) is 46.3 Å². The summed E-state index contributed by atoms with van der Waals surface area (Å²) in [6.45, 7) is 0.471. The van der Waals surface area contributed by atoms with Gasteiger partial charge in [0.1, 0.15) is 11.9 Å². The van der Waals surface area contributed by atoms with Crippen LogP contribution in [0.1, 0.15) is 35.6 Å². The molecule has 0 aromatic heterocycles. The Balaban J connectivity index is 1.79. The van der Waals surface area contributed by atoms with Crippen LogP contribution in [0.4, 0.5) is 0 Å². The van der Waals surface area contributed by atoms with Crippen LogP contribution >= 0.6 is 15.9 Å². The van der Waals surface area contributed by atoms with Gasteiger partial charge in [0, 0.05) is 11.0 Å². The molecule has 3 rings (SSSR count). The van der Waals surface area contributed by atoms with Gasteiger partial charge in [-0.05, 0) is 66.6 Å². The summed E-state index contributed by atoms with van der Waals surface area (Å²) in [6, 6.07) is 14.6. The molecule has 2 aromatic carbocycles. The molecule has 0 aliphatic heterocycles. The van der Waals surface area contributed by atoms with Gasteiger partial charge in [0.2, 0.25) is 0 Å². The second-order valence-electron chi connectivity index (χ2n) is 5.53. The molecule has 2 aromatic rings. The second kappa shape index (κ2) is 6.63. The maximum atomic E-state index is 6.12. The van der Waals surface area contributed by atoms with Gasteiger partial charge in [-0.25, -0.2) is 0 Å². The number of ether oxygens (including phenoxy) is 1. The molecule has 0 amide bonds. The third kappa shape index (κ3) is 3.47. The maximum Gasteiger partial charge on any atom is 0.136 e. The Morgan fingerprint density at radius 3 is 2.43 bits per heavy atom. The first-order valence-electron chi connectivity index (χ1n) is 7.50. The van der Waals surface area contributed by atoms with E-state index in [4.69, 9.17) is 10.5 Å². The van der Waals surface area contributed by atoms with Crippen molar-refractivity contribution in [2.75, 3.05) is 6.54 Å². The average Bonchev–Trinajstić information content (AvgIpc) is 2.53. The van der Waals surface area contributed by atoms with Gasteiger partial charge in [-0.3, -0.25) is 0 Å². The molecule has 0 radical (unpaired) electrons. The number of benzene rings is 2. The number of rotatable bonds is 4. The Morgan fingerprint density at radius 1 is 1.00 bits per heavy atom. The van der Waals surface area contributed by atoms with Gasteiger partial charge in [0.05, 0.1) is 0 Å². The molecule has 21 heavy (non-hydrogen) atoms. The van der Waals surface area contributed by atoms with E-state index in [1.807, 2.05) is 12.1 Å². The normalized spacial score (nSPS) is 15.3. The molecule has 1 aliphatic carbocycles. The molecule has 1 atom stereocenters. The molecule has 0 fully saturated rings. The minimum absolute atomic E-state index is 0.0975. The van der Waals surface area contributed by atoms with Crippen molar-refractivity contribution in [1.82, 2.24) is 0 Å². The zero-order valence-electron chi connectivity index (χ0n) is 12.0. The summed E-state index contributed by atoms with van der Waals surface area (Å²) >= 11 is 3.45. The first-order valence-corrected chi connectivity index (χ1v) is 8.29. The summed E-state index contributed by atoms with van der Waals surface area (Å²) in [6.07, 6.45) is 4.85. The Bertz CT molecular complexity index is 609. The van der Waals surface area contributed by atoms with Gasteiger partial charge in [-0.15, -0.1) is 0 Å². The van der Waals surface area contributed by atoms with E-state index in [9.17, 15) is 0 Å². The summed E-state index contributed by atoms with van der Waals surface area (Å²) in [5.41, 5.74) is 9.91. The van der Waals surface area contributed by atoms with Crippen LogP contribution in [0.5, 0.6) is 5.75 Å². The molecule has 110 valence electrons. The number of aryl methyl sites for hydroxylation is 2. The number of hydrogen-bond donors (Lipinski definition) is 1. The average molecular weight is 346 g/mol. The van der Waals surface area contributed by atoms with Crippen molar-refractivity contribution in [2.45, 2.75) is 31.8 Å². The maximum absolute atomic E-state index is 6.12. The molecule has 2 nitrogen and oxygen atoms in total. The van der Waals surface area contributed by atoms with Crippen molar-refractivity contribution in [3.05, 3.63) is 63.6 Å². The van der Waals surface area contributed by atoms with Crippen LogP contribution < -0.4 is 10.5 Å². The number of halogens is 1. The lowest BCUT2D eigenvalue weighted by Gasteiger charge is -2.21. The van der Waals surface area contributed by atoms with Crippen LogP contribution in [-0.2, 0) is 12.8 Å². The van der Waals surface area contributed by atoms with E-state index in [0.29, 0.717) is 6.54 Å². The van der Waals surface area contributed by atoms with Gasteiger partial charge in [-0.2, -0.15) is 0 Å². The van der Waals surface area contributed by atoms with E-state index in [1.165, 1.54) is 30.4 Å². The Labute approximate surface area is 134 Å². The van der Waals surface area contributed by atoms with Crippen LogP contribution in [0.15, 0.2) is 46.9 Å². The summed E-state index contributed by atoms with van der Waals surface area (Å²) in [5, 5.41) is 0. The van der Waals surface area contributed by atoms with E-state index in [0.717, 1.165) is 22.2 Å². The molecular formula is C18H20BrNO. The van der Waals surface area contributed by atoms with Crippen molar-refractivity contribution in [3.63, 3.8) is 0 Å².